The van der Waals surface area contributed by atoms with Gasteiger partial charge in [-0.25, -0.2) is 0 Å². The normalized spacial score (nSPS) is 53.7. The number of aliphatic hydroxyl groups is 5. The van der Waals surface area contributed by atoms with Gasteiger partial charge < -0.3 is 30.3 Å². The Morgan fingerprint density at radius 3 is 2.21 bits per heavy atom. The van der Waals surface area contributed by atoms with E-state index in [-0.39, 0.29) is 63.5 Å². The van der Waals surface area contributed by atoms with E-state index in [9.17, 15) is 30.3 Å². The van der Waals surface area contributed by atoms with Gasteiger partial charge in [0.2, 0.25) is 0 Å². The van der Waals surface area contributed by atoms with Crippen molar-refractivity contribution in [2.24, 2.45) is 22.7 Å². The second kappa shape index (κ2) is 7.05. The average Bonchev–Trinajstić information content (AvgIpc) is 2.60. The van der Waals surface area contributed by atoms with Crippen molar-refractivity contribution in [2.45, 2.75) is 83.1 Å². The first kappa shape index (κ1) is 24.3. The van der Waals surface area contributed by atoms with Gasteiger partial charge in [0, 0.05) is 68.2 Å². The summed E-state index contributed by atoms with van der Waals surface area (Å²) in [6.07, 6.45) is -4.20. The SMILES string of the molecule is CC1=C2C(O)C(=O)C3(C)C(O)CC4OCC4(O)C3C(C)C(O)(CC1O)C2(C)C.[Ac]. The molecule has 161 valence electrons. The number of aliphatic hydroxyl groups excluding tert-OH is 3. The van der Waals surface area contributed by atoms with E-state index in [0.29, 0.717) is 11.1 Å². The zero-order valence-corrected chi connectivity index (χ0v) is 22.5. The fourth-order valence-electron chi connectivity index (χ4n) is 7.00. The Labute approximate surface area is 207 Å². The van der Waals surface area contributed by atoms with E-state index in [0.717, 1.165) is 0 Å². The number of Topliss-reactive ketones (excluding diaryl/α,β-unsaturated/α-hetero) is 1. The zero-order valence-electron chi connectivity index (χ0n) is 17.7. The topological polar surface area (TPSA) is 127 Å². The van der Waals surface area contributed by atoms with Crippen molar-refractivity contribution in [1.29, 1.82) is 0 Å². The first-order valence-electron chi connectivity index (χ1n) is 10.1. The molecule has 4 rings (SSSR count). The van der Waals surface area contributed by atoms with Crippen LogP contribution in [0.25, 0.3) is 0 Å². The molecule has 3 fully saturated rings. The second-order valence-corrected chi connectivity index (χ2v) is 10.2. The van der Waals surface area contributed by atoms with Gasteiger partial charge in [-0.3, -0.25) is 4.79 Å². The molecule has 2 saturated carbocycles. The van der Waals surface area contributed by atoms with Crippen LogP contribution in [0.5, 0.6) is 0 Å². The number of ether oxygens (including phenoxy) is 1. The molecule has 9 atom stereocenters. The zero-order chi connectivity index (χ0) is 21.0. The van der Waals surface area contributed by atoms with Crippen LogP contribution in [0.15, 0.2) is 11.1 Å². The van der Waals surface area contributed by atoms with Crippen molar-refractivity contribution in [3.63, 3.8) is 0 Å². The van der Waals surface area contributed by atoms with Crippen LogP contribution in [0.3, 0.4) is 0 Å². The van der Waals surface area contributed by atoms with Crippen LogP contribution in [0.2, 0.25) is 0 Å². The first-order valence-corrected chi connectivity index (χ1v) is 10.1. The van der Waals surface area contributed by atoms with Crippen LogP contribution in [-0.2, 0) is 9.53 Å². The summed E-state index contributed by atoms with van der Waals surface area (Å²) >= 11 is 0. The van der Waals surface area contributed by atoms with Crippen molar-refractivity contribution in [2.75, 3.05) is 6.61 Å². The van der Waals surface area contributed by atoms with Gasteiger partial charge in [-0.15, -0.1) is 0 Å². The van der Waals surface area contributed by atoms with E-state index in [1.165, 1.54) is 0 Å². The smallest absolute Gasteiger partial charge is 0.174 e. The van der Waals surface area contributed by atoms with Crippen molar-refractivity contribution >= 4 is 5.78 Å². The molecule has 1 radical (unpaired) electrons. The summed E-state index contributed by atoms with van der Waals surface area (Å²) in [5, 5.41) is 56.1. The number of carbonyl (C=O) groups excluding carboxylic acids is 1. The predicted octanol–water partition coefficient (Wildman–Crippen LogP) is -0.0785. The van der Waals surface area contributed by atoms with Crippen molar-refractivity contribution in [3.05, 3.63) is 11.1 Å². The standard InChI is InChI=1S/C21H32O7.Ac/c1-9-11(22)7-21(27)10(2)16-19(5,12(23)6-13-20(16,26)8-28-13)17(25)15(24)14(9)18(21,3)4;/h10-13,15-16,22-24,26-27H,6-8H2,1-5H3;. The maximum Gasteiger partial charge on any atom is 0.174 e. The number of carbonyl (C=O) groups is 1. The van der Waals surface area contributed by atoms with E-state index in [2.05, 4.69) is 0 Å². The molecule has 1 heterocycles. The summed E-state index contributed by atoms with van der Waals surface area (Å²) in [5.74, 6) is -2.05. The maximum atomic E-state index is 13.6. The molecular formula is C21H32AcO7. The Balaban J connectivity index is 0.00000240. The Bertz CT molecular complexity index is 766. The van der Waals surface area contributed by atoms with Crippen LogP contribution >= 0.6 is 0 Å². The van der Waals surface area contributed by atoms with Crippen LogP contribution in [0.4, 0.5) is 0 Å². The van der Waals surface area contributed by atoms with Gasteiger partial charge in [-0.1, -0.05) is 20.8 Å². The summed E-state index contributed by atoms with van der Waals surface area (Å²) in [6, 6.07) is 0. The molecule has 0 aromatic heterocycles. The summed E-state index contributed by atoms with van der Waals surface area (Å²) in [5.41, 5.74) is -4.54. The van der Waals surface area contributed by atoms with Gasteiger partial charge in [0.25, 0.3) is 0 Å². The molecule has 4 aliphatic rings. The molecule has 0 spiro atoms. The minimum Gasteiger partial charge on any atom is -0.392 e. The third kappa shape index (κ3) is 2.70. The van der Waals surface area contributed by atoms with E-state index in [1.54, 1.807) is 34.6 Å². The number of fused-ring (bicyclic) bond motifs is 5. The fraction of sp³-hybridized carbons (Fsp3) is 0.857. The van der Waals surface area contributed by atoms with Crippen molar-refractivity contribution in [3.8, 4) is 0 Å². The fourth-order valence-corrected chi connectivity index (χ4v) is 7.00. The number of ketones is 1. The summed E-state index contributed by atoms with van der Waals surface area (Å²) in [7, 11) is 0. The van der Waals surface area contributed by atoms with Gasteiger partial charge >= 0.3 is 0 Å². The molecular weight excluding hydrogens is 591 g/mol. The molecule has 5 N–H and O–H groups in total. The van der Waals surface area contributed by atoms with Gasteiger partial charge in [0.05, 0.1) is 35.9 Å². The third-order valence-corrected chi connectivity index (χ3v) is 8.88. The largest absolute Gasteiger partial charge is 0.392 e. The number of hydrogen-bond donors (Lipinski definition) is 5. The molecule has 1 saturated heterocycles. The molecule has 0 amide bonds. The van der Waals surface area contributed by atoms with Gasteiger partial charge in [-0.2, -0.15) is 0 Å². The van der Waals surface area contributed by atoms with Crippen molar-refractivity contribution in [1.82, 2.24) is 0 Å². The molecule has 1 aliphatic heterocycles. The van der Waals surface area contributed by atoms with Gasteiger partial charge in [0.15, 0.2) is 5.78 Å². The molecule has 3 aliphatic carbocycles. The van der Waals surface area contributed by atoms with E-state index < -0.39 is 64.1 Å². The summed E-state index contributed by atoms with van der Waals surface area (Å²) < 4.78 is 5.49. The summed E-state index contributed by atoms with van der Waals surface area (Å²) in [6.45, 7) is 8.58. The van der Waals surface area contributed by atoms with E-state index in [1.807, 2.05) is 0 Å². The molecule has 0 aromatic rings. The quantitative estimate of drug-likeness (QED) is 0.239. The van der Waals surface area contributed by atoms with E-state index in [4.69, 9.17) is 4.74 Å². The van der Waals surface area contributed by atoms with Crippen molar-refractivity contribution < 1.29 is 79.1 Å². The van der Waals surface area contributed by atoms with Crippen LogP contribution in [0, 0.1) is 66.7 Å². The third-order valence-electron chi connectivity index (χ3n) is 8.88. The average molecular weight is 623 g/mol. The minimum atomic E-state index is -1.58. The monoisotopic (exact) mass is 623 g/mol. The molecule has 7 nitrogen and oxygen atoms in total. The maximum absolute atomic E-state index is 13.6. The van der Waals surface area contributed by atoms with Crippen LogP contribution < -0.4 is 0 Å². The second-order valence-electron chi connectivity index (χ2n) is 10.2. The van der Waals surface area contributed by atoms with Crippen LogP contribution in [0.1, 0.15) is 47.5 Å². The molecule has 29 heavy (non-hydrogen) atoms. The van der Waals surface area contributed by atoms with Crippen LogP contribution in [-0.4, -0.2) is 73.5 Å². The molecule has 2 bridgehead atoms. The molecule has 9 unspecified atom stereocenters. The number of hydrogen-bond acceptors (Lipinski definition) is 7. The van der Waals surface area contributed by atoms with E-state index >= 15 is 0 Å². The number of rotatable bonds is 0. The van der Waals surface area contributed by atoms with Gasteiger partial charge in [-0.05, 0) is 30.9 Å². The van der Waals surface area contributed by atoms with Gasteiger partial charge in [0.1, 0.15) is 11.7 Å². The molecule has 0 aromatic carbocycles. The molecule has 8 heteroatoms. The minimum absolute atomic E-state index is 0. The Hall–Kier alpha value is 0.612. The first-order chi connectivity index (χ1) is 12.7. The Morgan fingerprint density at radius 2 is 1.69 bits per heavy atom. The Kier molecular flexibility index (Phi) is 5.90. The predicted molar refractivity (Wildman–Crippen MR) is 99.1 cm³/mol. The summed E-state index contributed by atoms with van der Waals surface area (Å²) in [4.78, 5) is 13.6. The Morgan fingerprint density at radius 1 is 1.10 bits per heavy atom.